The molecule has 0 fully saturated rings. The molecule has 0 unspecified atom stereocenters. The summed E-state index contributed by atoms with van der Waals surface area (Å²) in [5.41, 5.74) is 27.3. The molecule has 0 saturated heterocycles. The lowest BCUT2D eigenvalue weighted by molar-refractivity contribution is -0.143. The number of primary amides is 4. The first-order valence-corrected chi connectivity index (χ1v) is 26.4. The van der Waals surface area contributed by atoms with Gasteiger partial charge in [0.05, 0.1) is 38.3 Å². The lowest BCUT2D eigenvalue weighted by Gasteiger charge is -2.29. The fourth-order valence-corrected chi connectivity index (χ4v) is 7.80. The second kappa shape index (κ2) is 35.3. The Morgan fingerprint density at radius 1 is 0.523 bits per heavy atom. The molecule has 0 saturated carbocycles. The number of aromatic amines is 1. The van der Waals surface area contributed by atoms with E-state index in [1.165, 1.54) is 43.7 Å². The summed E-state index contributed by atoms with van der Waals surface area (Å²) in [5, 5.41) is 69.1. The van der Waals surface area contributed by atoms with Crippen molar-refractivity contribution in [3.8, 4) is 5.75 Å². The first kappa shape index (κ1) is 72.3. The number of hydrogen-bond acceptors (Lipinski definition) is 20. The van der Waals surface area contributed by atoms with Gasteiger partial charge in [-0.2, -0.15) is 0 Å². The largest absolute Gasteiger partial charge is 0.508 e. The van der Waals surface area contributed by atoms with Crippen LogP contribution in [0, 0.1) is 5.92 Å². The number of phenols is 1. The van der Waals surface area contributed by atoms with E-state index in [-0.39, 0.29) is 29.8 Å². The molecule has 25 N–H and O–H groups in total. The number of imidazole rings is 1. The van der Waals surface area contributed by atoms with Crippen LogP contribution in [0.5, 0.6) is 5.75 Å². The number of benzene rings is 1. The maximum Gasteiger partial charge on any atom is 0.326 e. The summed E-state index contributed by atoms with van der Waals surface area (Å²) in [6.07, 6.45) is -5.29. The Kier molecular flexibility index (Phi) is 29.7. The number of aromatic nitrogens is 2. The molecule has 474 valence electrons. The summed E-state index contributed by atoms with van der Waals surface area (Å²) in [5.74, 6) is -19.8. The van der Waals surface area contributed by atoms with Gasteiger partial charge >= 0.3 is 11.9 Å². The van der Waals surface area contributed by atoms with E-state index in [0.717, 1.165) is 6.92 Å². The Bertz CT molecular complexity index is 2770. The van der Waals surface area contributed by atoms with Gasteiger partial charge in [0.2, 0.25) is 76.8 Å². The molecule has 36 nitrogen and oxygen atoms in total. The van der Waals surface area contributed by atoms with Gasteiger partial charge in [-0.3, -0.25) is 67.1 Å². The van der Waals surface area contributed by atoms with Crippen molar-refractivity contribution in [3.63, 3.8) is 0 Å². The fraction of sp³-hybridized carbons (Fsp3) is 0.520. The normalized spacial score (nSPS) is 15.1. The summed E-state index contributed by atoms with van der Waals surface area (Å²) >= 11 is 0. The van der Waals surface area contributed by atoms with E-state index in [4.69, 9.17) is 28.7 Å². The van der Waals surface area contributed by atoms with Gasteiger partial charge in [0, 0.05) is 37.6 Å². The molecule has 2 rings (SSSR count). The highest BCUT2D eigenvalue weighted by Gasteiger charge is 2.38. The van der Waals surface area contributed by atoms with Gasteiger partial charge in [-0.25, -0.2) is 9.78 Å². The maximum atomic E-state index is 14.1. The number of hydrogen-bond donors (Lipinski definition) is 20. The van der Waals surface area contributed by atoms with E-state index in [0.29, 0.717) is 0 Å². The topological polar surface area (TPSA) is 624 Å². The number of aromatic hydroxyl groups is 1. The maximum absolute atomic E-state index is 14.1. The molecule has 0 spiro atoms. The van der Waals surface area contributed by atoms with Crippen molar-refractivity contribution in [1.82, 2.24) is 57.8 Å². The first-order valence-electron chi connectivity index (χ1n) is 26.4. The highest BCUT2D eigenvalue weighted by atomic mass is 16.4. The van der Waals surface area contributed by atoms with Crippen molar-refractivity contribution in [2.45, 2.75) is 152 Å². The number of H-pyrrole nitrogens is 1. The van der Waals surface area contributed by atoms with Crippen LogP contribution in [0.25, 0.3) is 0 Å². The zero-order valence-electron chi connectivity index (χ0n) is 46.9. The number of carboxylic acid groups (broad SMARTS) is 2. The zero-order valence-corrected chi connectivity index (χ0v) is 46.9. The smallest absolute Gasteiger partial charge is 0.326 e. The van der Waals surface area contributed by atoms with E-state index in [1.54, 1.807) is 6.92 Å². The lowest BCUT2D eigenvalue weighted by atomic mass is 9.96. The van der Waals surface area contributed by atoms with Gasteiger partial charge in [-0.15, -0.1) is 0 Å². The predicted molar refractivity (Wildman–Crippen MR) is 292 cm³/mol. The van der Waals surface area contributed by atoms with Crippen molar-refractivity contribution >= 4 is 88.7 Å². The van der Waals surface area contributed by atoms with E-state index < -0.39 is 219 Å². The highest BCUT2D eigenvalue weighted by molar-refractivity contribution is 6.01. The number of carbonyl (C=O) groups is 15. The van der Waals surface area contributed by atoms with Crippen LogP contribution in [0.3, 0.4) is 0 Å². The van der Waals surface area contributed by atoms with Crippen molar-refractivity contribution < 1.29 is 97.5 Å². The molecule has 36 heteroatoms. The Balaban J connectivity index is 2.49. The molecule has 0 aliphatic rings. The number of nitrogens with one attached hydrogen (secondary N) is 10. The molecule has 0 aliphatic carbocycles. The molecule has 0 radical (unpaired) electrons. The third kappa shape index (κ3) is 25.3. The monoisotopic (exact) mass is 1220 g/mol. The third-order valence-electron chi connectivity index (χ3n) is 12.7. The van der Waals surface area contributed by atoms with Crippen molar-refractivity contribution in [1.29, 1.82) is 0 Å². The van der Waals surface area contributed by atoms with Crippen LogP contribution in [-0.2, 0) is 84.8 Å². The van der Waals surface area contributed by atoms with Gasteiger partial charge in [0.25, 0.3) is 0 Å². The van der Waals surface area contributed by atoms with Crippen molar-refractivity contribution in [2.75, 3.05) is 6.61 Å². The number of carbonyl (C=O) groups excluding carboxylic acids is 13. The molecule has 86 heavy (non-hydrogen) atoms. The van der Waals surface area contributed by atoms with Gasteiger partial charge in [0.1, 0.15) is 66.2 Å². The minimum atomic E-state index is -2.09. The van der Waals surface area contributed by atoms with Crippen LogP contribution in [0.4, 0.5) is 0 Å². The average molecular weight is 1220 g/mol. The first-order chi connectivity index (χ1) is 40.3. The summed E-state index contributed by atoms with van der Waals surface area (Å²) in [6, 6.07) is -13.2. The number of aliphatic carboxylic acids is 2. The minimum Gasteiger partial charge on any atom is -0.508 e. The van der Waals surface area contributed by atoms with Gasteiger partial charge in [0.15, 0.2) is 0 Å². The third-order valence-corrected chi connectivity index (χ3v) is 12.7. The van der Waals surface area contributed by atoms with Crippen LogP contribution in [-0.4, -0.2) is 197 Å². The Morgan fingerprint density at radius 3 is 1.40 bits per heavy atom. The number of amides is 13. The van der Waals surface area contributed by atoms with Crippen molar-refractivity contribution in [3.05, 3.63) is 48.0 Å². The summed E-state index contributed by atoms with van der Waals surface area (Å²) in [6.45, 7) is 3.19. The number of aliphatic hydroxyl groups excluding tert-OH is 2. The second-order valence-corrected chi connectivity index (χ2v) is 19.8. The molecule has 1 aromatic carbocycles. The number of phenolic OH excluding ortho intramolecular Hbond substituents is 1. The summed E-state index contributed by atoms with van der Waals surface area (Å²) < 4.78 is 0. The predicted octanol–water partition coefficient (Wildman–Crippen LogP) is -9.15. The molecule has 0 bridgehead atoms. The Hall–Kier alpha value is -9.84. The molecular formula is C50H74N16O20. The number of rotatable bonds is 39. The SMILES string of the molecule is CC[C@H](C)[C@H](NC(=O)[C@H](CC(N)=O)NC(=O)[C@H](CC(N)=O)NC(=O)[C@H](CCC(N)=O)NC(=O)[C@@H](NC(=O)[C@H](Cc1ccc(O)cc1)NC(=O)[C@H](CC(=O)O)NC(=O)[C@@H](N)CO)[C@@H](C)O)C(=O)N[C@@H](Cc1cnc[nH]1)C(=O)N[C@@H](CCC(N)=O)C(=O)O. The molecular weight excluding hydrogens is 1140 g/mol. The zero-order chi connectivity index (χ0) is 65.1. The standard InChI is InChI=1S/C50H74N16O20/c1-4-21(2)39(48(83)64-30(14-24-18-56-20-57-24)43(78)59-28(50(85)86)10-12-35(53)71)65-47(82)32(16-37(55)73)63-44(79)31(15-36(54)72)62-42(77)27(9-11-34(52)70)58-49(84)40(22(3)68)66-46(81)29(13-23-5-7-25(69)8-6-23)61-45(80)33(17-38(74)75)60-41(76)26(51)19-67/h5-8,18,20-22,26-33,39-40,67-69H,4,9-17,19,51H2,1-3H3,(H2,52,70)(H2,53,71)(H2,54,72)(H2,55,73)(H,56,57)(H,58,84)(H,59,78)(H,60,76)(H,61,80)(H,62,77)(H,63,79)(H,64,83)(H,65,82)(H,66,81)(H,74,75)(H,85,86)/t21-,22+,26-,27-,28-,29-,30-,31-,32-,33-,39-,40-/m0/s1. The second-order valence-electron chi connectivity index (χ2n) is 19.8. The number of nitrogens with two attached hydrogens (primary N) is 5. The Labute approximate surface area is 489 Å². The van der Waals surface area contributed by atoms with E-state index >= 15 is 0 Å². The van der Waals surface area contributed by atoms with Crippen LogP contribution < -0.4 is 76.5 Å². The Morgan fingerprint density at radius 2 is 0.930 bits per heavy atom. The van der Waals surface area contributed by atoms with Crippen LogP contribution in [0.2, 0.25) is 0 Å². The molecule has 1 aromatic heterocycles. The van der Waals surface area contributed by atoms with Gasteiger partial charge in [-0.05, 0) is 43.4 Å². The van der Waals surface area contributed by atoms with Crippen LogP contribution in [0.1, 0.15) is 83.4 Å². The summed E-state index contributed by atoms with van der Waals surface area (Å²) in [4.78, 5) is 202. The molecule has 13 amide bonds. The van der Waals surface area contributed by atoms with Gasteiger partial charge in [-0.1, -0.05) is 32.4 Å². The molecule has 2 aromatic rings. The fourth-order valence-electron chi connectivity index (χ4n) is 7.80. The minimum absolute atomic E-state index is 0.156. The van der Waals surface area contributed by atoms with Crippen LogP contribution >= 0.6 is 0 Å². The van der Waals surface area contributed by atoms with Gasteiger partial charge < -0.3 is 107 Å². The number of nitrogens with zero attached hydrogens (tertiary/aromatic N) is 1. The lowest BCUT2D eigenvalue weighted by Crippen LogP contribution is -2.62. The molecule has 1 heterocycles. The van der Waals surface area contributed by atoms with E-state index in [2.05, 4.69) is 52.5 Å². The number of aliphatic hydroxyl groups is 2. The van der Waals surface area contributed by atoms with E-state index in [9.17, 15) is 97.5 Å². The van der Waals surface area contributed by atoms with Crippen molar-refractivity contribution in [2.24, 2.45) is 34.6 Å². The summed E-state index contributed by atoms with van der Waals surface area (Å²) in [7, 11) is 0. The number of carboxylic acids is 2. The molecule has 12 atom stereocenters. The van der Waals surface area contributed by atoms with Crippen LogP contribution in [0.15, 0.2) is 36.8 Å². The quantitative estimate of drug-likeness (QED) is 0.0296. The average Bonchev–Trinajstić information content (AvgIpc) is 3.69. The molecule has 0 aliphatic heterocycles. The highest BCUT2D eigenvalue weighted by Crippen LogP contribution is 2.15. The van der Waals surface area contributed by atoms with E-state index in [1.807, 2.05) is 5.32 Å².